The largest absolute Gasteiger partial charge is 0.366 e. The Morgan fingerprint density at radius 3 is 2.86 bits per heavy atom. The van der Waals surface area contributed by atoms with Crippen molar-refractivity contribution in [3.05, 3.63) is 71.9 Å². The van der Waals surface area contributed by atoms with Gasteiger partial charge in [0.25, 0.3) is 0 Å². The number of para-hydroxylation sites is 1. The molecule has 7 heteroatoms. The maximum Gasteiger partial charge on any atom is 0.140 e. The first-order valence-corrected chi connectivity index (χ1v) is 9.61. The van der Waals surface area contributed by atoms with Crippen LogP contribution in [0.25, 0.3) is 21.9 Å². The summed E-state index contributed by atoms with van der Waals surface area (Å²) in [6.45, 7) is 1.54. The maximum absolute atomic E-state index is 14.5. The van der Waals surface area contributed by atoms with Crippen molar-refractivity contribution in [2.24, 2.45) is 0 Å². The molecule has 1 aliphatic rings. The highest BCUT2D eigenvalue weighted by Gasteiger charge is 2.34. The molecule has 148 valence electrons. The monoisotopic (exact) mass is 394 g/mol. The van der Waals surface area contributed by atoms with Crippen LogP contribution in [0.4, 0.5) is 8.78 Å². The van der Waals surface area contributed by atoms with Gasteiger partial charge in [-0.05, 0) is 30.3 Å². The highest BCUT2D eigenvalue weighted by Crippen LogP contribution is 2.21. The fraction of sp³-hybridized carbons (Fsp3) is 0.273. The first kappa shape index (κ1) is 18.1. The van der Waals surface area contributed by atoms with Crippen LogP contribution < -0.4 is 0 Å². The number of likely N-dealkylation sites (tertiary alicyclic amines) is 1. The molecule has 0 saturated carbocycles. The van der Waals surface area contributed by atoms with Gasteiger partial charge in [-0.2, -0.15) is 0 Å². The Bertz CT molecular complexity index is 1160. The van der Waals surface area contributed by atoms with Gasteiger partial charge in [0.1, 0.15) is 30.5 Å². The van der Waals surface area contributed by atoms with Gasteiger partial charge in [-0.15, -0.1) is 0 Å². The molecule has 29 heavy (non-hydrogen) atoms. The molecule has 0 aliphatic carbocycles. The van der Waals surface area contributed by atoms with Crippen molar-refractivity contribution >= 4 is 21.9 Å². The molecule has 0 radical (unpaired) electrons. The first-order chi connectivity index (χ1) is 14.1. The summed E-state index contributed by atoms with van der Waals surface area (Å²) in [5.41, 5.74) is 3.12. The van der Waals surface area contributed by atoms with Gasteiger partial charge in [-0.25, -0.2) is 13.8 Å². The van der Waals surface area contributed by atoms with Crippen LogP contribution in [0, 0.1) is 5.82 Å². The summed E-state index contributed by atoms with van der Waals surface area (Å²) in [7, 11) is 0. The molecule has 1 N–H and O–H groups in total. The third-order valence-electron chi connectivity index (χ3n) is 5.24. The van der Waals surface area contributed by atoms with Gasteiger partial charge in [0.05, 0.1) is 22.2 Å². The van der Waals surface area contributed by atoms with Crippen LogP contribution in [-0.4, -0.2) is 45.2 Å². The number of imidazole rings is 1. The number of nitrogens with one attached hydrogen (secondary N) is 1. The Morgan fingerprint density at radius 1 is 1.03 bits per heavy atom. The predicted molar refractivity (Wildman–Crippen MR) is 107 cm³/mol. The molecule has 2 aromatic heterocycles. The van der Waals surface area contributed by atoms with Gasteiger partial charge in [-0.1, -0.05) is 24.3 Å². The molecule has 3 heterocycles. The van der Waals surface area contributed by atoms with Crippen LogP contribution in [0.15, 0.2) is 54.6 Å². The number of benzene rings is 2. The van der Waals surface area contributed by atoms with E-state index in [1.807, 2.05) is 41.3 Å². The van der Waals surface area contributed by atoms with Crippen molar-refractivity contribution in [2.75, 3.05) is 13.1 Å². The number of hydrogen-bond acceptors (Lipinski definition) is 4. The number of alkyl halides is 1. The van der Waals surface area contributed by atoms with E-state index in [1.165, 1.54) is 12.1 Å². The Balaban J connectivity index is 1.21. The van der Waals surface area contributed by atoms with Crippen LogP contribution in [-0.2, 0) is 17.9 Å². The van der Waals surface area contributed by atoms with Crippen molar-refractivity contribution < 1.29 is 13.5 Å². The number of pyridine rings is 1. The summed E-state index contributed by atoms with van der Waals surface area (Å²) in [6, 6.07) is 16.3. The van der Waals surface area contributed by atoms with E-state index in [9.17, 15) is 8.78 Å². The van der Waals surface area contributed by atoms with E-state index in [4.69, 9.17) is 4.74 Å². The molecule has 2 atom stereocenters. The number of nitrogens with zero attached hydrogens (tertiary/aromatic N) is 3. The maximum atomic E-state index is 14.5. The quantitative estimate of drug-likeness (QED) is 0.556. The third-order valence-corrected chi connectivity index (χ3v) is 5.24. The van der Waals surface area contributed by atoms with Crippen molar-refractivity contribution in [3.8, 4) is 0 Å². The molecule has 5 rings (SSSR count). The normalized spacial score (nSPS) is 20.1. The zero-order valence-corrected chi connectivity index (χ0v) is 15.7. The zero-order chi connectivity index (χ0) is 19.8. The number of hydrogen-bond donors (Lipinski definition) is 1. The lowest BCUT2D eigenvalue weighted by molar-refractivity contribution is 0.00861. The number of aromatic nitrogens is 3. The average Bonchev–Trinajstić information content (AvgIpc) is 3.28. The van der Waals surface area contributed by atoms with Gasteiger partial charge in [0.2, 0.25) is 0 Å². The molecule has 1 saturated heterocycles. The van der Waals surface area contributed by atoms with Gasteiger partial charge in [0, 0.05) is 25.0 Å². The van der Waals surface area contributed by atoms with Crippen LogP contribution in [0.2, 0.25) is 0 Å². The molecular weight excluding hydrogens is 374 g/mol. The summed E-state index contributed by atoms with van der Waals surface area (Å²) >= 11 is 0. The average molecular weight is 394 g/mol. The summed E-state index contributed by atoms with van der Waals surface area (Å²) in [5.74, 6) is 0.235. The minimum atomic E-state index is -1.07. The number of halogens is 2. The van der Waals surface area contributed by atoms with E-state index in [2.05, 4.69) is 15.0 Å². The smallest absolute Gasteiger partial charge is 0.140 e. The number of aromatic amines is 1. The van der Waals surface area contributed by atoms with E-state index >= 15 is 0 Å². The van der Waals surface area contributed by atoms with Gasteiger partial charge < -0.3 is 9.72 Å². The minimum Gasteiger partial charge on any atom is -0.366 e. The molecule has 2 unspecified atom stereocenters. The molecule has 1 aliphatic heterocycles. The Kier molecular flexibility index (Phi) is 4.69. The number of H-pyrrole nitrogens is 1. The zero-order valence-electron chi connectivity index (χ0n) is 15.7. The van der Waals surface area contributed by atoms with E-state index in [1.54, 1.807) is 6.07 Å². The molecule has 2 aromatic carbocycles. The summed E-state index contributed by atoms with van der Waals surface area (Å²) in [5, 5.41) is 1.09. The molecule has 5 nitrogen and oxygen atoms in total. The molecule has 0 spiro atoms. The summed E-state index contributed by atoms with van der Waals surface area (Å²) in [6.07, 6.45) is -1.60. The fourth-order valence-corrected chi connectivity index (χ4v) is 3.81. The molecule has 4 aromatic rings. The van der Waals surface area contributed by atoms with Crippen molar-refractivity contribution in [2.45, 2.75) is 25.4 Å². The van der Waals surface area contributed by atoms with E-state index in [-0.39, 0.29) is 12.4 Å². The number of rotatable bonds is 5. The van der Waals surface area contributed by atoms with Gasteiger partial charge >= 0.3 is 0 Å². The second-order valence-electron chi connectivity index (χ2n) is 7.40. The SMILES string of the molecule is Fc1ccc2nc(COC3CN(Cc4ccc5ccccc5n4)CC3F)[nH]c2c1. The van der Waals surface area contributed by atoms with Crippen LogP contribution >= 0.6 is 0 Å². The van der Waals surface area contributed by atoms with Crippen LogP contribution in [0.3, 0.4) is 0 Å². The van der Waals surface area contributed by atoms with Crippen molar-refractivity contribution in [1.29, 1.82) is 0 Å². The highest BCUT2D eigenvalue weighted by atomic mass is 19.1. The van der Waals surface area contributed by atoms with E-state index in [0.717, 1.165) is 16.6 Å². The van der Waals surface area contributed by atoms with Gasteiger partial charge in [-0.3, -0.25) is 9.88 Å². The Labute approximate surface area is 166 Å². The topological polar surface area (TPSA) is 54.0 Å². The molecule has 0 amide bonds. The van der Waals surface area contributed by atoms with Gasteiger partial charge in [0.15, 0.2) is 0 Å². The molecule has 0 bridgehead atoms. The van der Waals surface area contributed by atoms with E-state index in [0.29, 0.717) is 36.5 Å². The number of ether oxygens (including phenoxy) is 1. The highest BCUT2D eigenvalue weighted by molar-refractivity contribution is 5.78. The lowest BCUT2D eigenvalue weighted by atomic mass is 10.2. The van der Waals surface area contributed by atoms with Crippen molar-refractivity contribution in [3.63, 3.8) is 0 Å². The second kappa shape index (κ2) is 7.50. The van der Waals surface area contributed by atoms with Crippen molar-refractivity contribution in [1.82, 2.24) is 19.9 Å². The summed E-state index contributed by atoms with van der Waals surface area (Å²) in [4.78, 5) is 14.1. The molecular formula is C22H20F2N4O. The Hall–Kier alpha value is -2.90. The lowest BCUT2D eigenvalue weighted by Gasteiger charge is -2.15. The second-order valence-corrected chi connectivity index (χ2v) is 7.40. The first-order valence-electron chi connectivity index (χ1n) is 9.61. The summed E-state index contributed by atoms with van der Waals surface area (Å²) < 4.78 is 33.6. The molecule has 1 fully saturated rings. The van der Waals surface area contributed by atoms with Crippen LogP contribution in [0.5, 0.6) is 0 Å². The minimum absolute atomic E-state index is 0.156. The number of fused-ring (bicyclic) bond motifs is 2. The standard InChI is InChI=1S/C22H20F2N4O/c23-15-6-8-19-20(9-15)27-22(26-19)13-29-21-12-28(11-17(21)24)10-16-7-5-14-3-1-2-4-18(14)25-16/h1-9,17,21H,10-13H2,(H,26,27). The lowest BCUT2D eigenvalue weighted by Crippen LogP contribution is -2.24. The van der Waals surface area contributed by atoms with Crippen LogP contribution in [0.1, 0.15) is 11.5 Å². The Morgan fingerprint density at radius 2 is 1.93 bits per heavy atom. The predicted octanol–water partition coefficient (Wildman–Crippen LogP) is 3.99. The fourth-order valence-electron chi connectivity index (χ4n) is 3.81. The van der Waals surface area contributed by atoms with E-state index < -0.39 is 12.3 Å². The third kappa shape index (κ3) is 3.83.